The highest BCUT2D eigenvalue weighted by Crippen LogP contribution is 2.33. The van der Waals surface area contributed by atoms with Gasteiger partial charge in [0.15, 0.2) is 17.0 Å². The Bertz CT molecular complexity index is 1300. The Morgan fingerprint density at radius 3 is 2.51 bits per heavy atom. The van der Waals surface area contributed by atoms with Crippen LogP contribution in [0.1, 0.15) is 37.3 Å². The number of aromatic nitrogens is 4. The van der Waals surface area contributed by atoms with Crippen LogP contribution in [0.4, 0.5) is 17.5 Å². The molecule has 0 radical (unpaired) electrons. The second kappa shape index (κ2) is 9.54. The van der Waals surface area contributed by atoms with Gasteiger partial charge in [0.25, 0.3) is 0 Å². The van der Waals surface area contributed by atoms with Crippen LogP contribution in [0.3, 0.4) is 0 Å². The van der Waals surface area contributed by atoms with Crippen LogP contribution >= 0.6 is 0 Å². The number of nitrogen functional groups attached to an aromatic ring is 1. The molecule has 1 aliphatic heterocycles. The van der Waals surface area contributed by atoms with Gasteiger partial charge in [-0.25, -0.2) is 4.98 Å². The van der Waals surface area contributed by atoms with Crippen LogP contribution in [0, 0.1) is 0 Å². The molecular formula is C27H32N8. The lowest BCUT2D eigenvalue weighted by atomic mass is 10.0. The molecule has 2 aromatic heterocycles. The van der Waals surface area contributed by atoms with E-state index < -0.39 is 0 Å². The first-order chi connectivity index (χ1) is 17.3. The molecule has 2 aliphatic rings. The van der Waals surface area contributed by atoms with Gasteiger partial charge < -0.3 is 25.8 Å². The molecule has 3 heterocycles. The highest BCUT2D eigenvalue weighted by molar-refractivity contribution is 5.84. The van der Waals surface area contributed by atoms with Crippen molar-refractivity contribution in [1.82, 2.24) is 24.8 Å². The number of imidazole rings is 1. The lowest BCUT2D eigenvalue weighted by molar-refractivity contribution is 0.528. The monoisotopic (exact) mass is 468 g/mol. The molecule has 180 valence electrons. The van der Waals surface area contributed by atoms with Gasteiger partial charge in [-0.15, -0.1) is 0 Å². The van der Waals surface area contributed by atoms with Crippen molar-refractivity contribution >= 4 is 28.6 Å². The molecule has 4 N–H and O–H groups in total. The van der Waals surface area contributed by atoms with Crippen LogP contribution in [0.25, 0.3) is 22.3 Å². The van der Waals surface area contributed by atoms with Gasteiger partial charge in [0.05, 0.1) is 6.33 Å². The highest BCUT2D eigenvalue weighted by atomic mass is 15.3. The molecule has 0 amide bonds. The summed E-state index contributed by atoms with van der Waals surface area (Å²) in [6, 6.07) is 17.0. The van der Waals surface area contributed by atoms with E-state index in [1.54, 1.807) is 0 Å². The zero-order chi connectivity index (χ0) is 23.6. The maximum Gasteiger partial charge on any atom is 0.229 e. The number of anilines is 3. The van der Waals surface area contributed by atoms with Crippen molar-refractivity contribution < 1.29 is 0 Å². The number of piperazine rings is 1. The van der Waals surface area contributed by atoms with Crippen LogP contribution in [0.2, 0.25) is 0 Å². The van der Waals surface area contributed by atoms with Crippen LogP contribution in [0.5, 0.6) is 0 Å². The lowest BCUT2D eigenvalue weighted by Gasteiger charge is -2.27. The van der Waals surface area contributed by atoms with Gasteiger partial charge in [-0.05, 0) is 30.0 Å². The maximum absolute atomic E-state index is 6.16. The predicted octanol–water partition coefficient (Wildman–Crippen LogP) is 4.21. The second-order valence-electron chi connectivity index (χ2n) is 9.51. The van der Waals surface area contributed by atoms with Crippen LogP contribution < -0.4 is 21.3 Å². The molecule has 2 aromatic carbocycles. The molecule has 0 spiro atoms. The molecule has 1 saturated heterocycles. The molecule has 2 fully saturated rings. The fraction of sp³-hybridized carbons (Fsp3) is 0.370. The molecule has 4 aromatic rings. The van der Waals surface area contributed by atoms with E-state index >= 15 is 0 Å². The van der Waals surface area contributed by atoms with E-state index in [2.05, 4.69) is 50.4 Å². The van der Waals surface area contributed by atoms with E-state index in [1.165, 1.54) is 31.2 Å². The molecular weight excluding hydrogens is 436 g/mol. The Hall–Kier alpha value is -3.65. The van der Waals surface area contributed by atoms with E-state index in [1.807, 2.05) is 24.5 Å². The van der Waals surface area contributed by atoms with Gasteiger partial charge in [-0.1, -0.05) is 55.3 Å². The summed E-state index contributed by atoms with van der Waals surface area (Å²) in [6.45, 7) is 4.38. The number of benzene rings is 2. The standard InChI is InChI=1S/C27H32N8/c28-23-8-4-3-7-22(23)20-11-9-19(10-12-20)17-30-25-24-26(35(18-31-24)21-5-1-2-6-21)33-27(32-25)34-15-13-29-14-16-34/h3-4,7-12,18,21,29H,1-2,5-6,13-17,28H2,(H,30,32,33). The van der Waals surface area contributed by atoms with Crippen LogP contribution in [-0.2, 0) is 6.54 Å². The summed E-state index contributed by atoms with van der Waals surface area (Å²) in [6.07, 6.45) is 6.89. The first-order valence-corrected chi connectivity index (χ1v) is 12.6. The van der Waals surface area contributed by atoms with E-state index in [9.17, 15) is 0 Å². The van der Waals surface area contributed by atoms with E-state index in [4.69, 9.17) is 20.7 Å². The molecule has 8 heteroatoms. The third-order valence-electron chi connectivity index (χ3n) is 7.21. The Labute approximate surface area is 205 Å². The maximum atomic E-state index is 6.16. The van der Waals surface area contributed by atoms with Crippen LogP contribution in [-0.4, -0.2) is 45.7 Å². The summed E-state index contributed by atoms with van der Waals surface area (Å²) in [4.78, 5) is 17.0. The Morgan fingerprint density at radius 1 is 0.971 bits per heavy atom. The molecule has 0 unspecified atom stereocenters. The number of hydrogen-bond acceptors (Lipinski definition) is 7. The van der Waals surface area contributed by atoms with E-state index in [0.29, 0.717) is 12.6 Å². The van der Waals surface area contributed by atoms with Gasteiger partial charge in [0.2, 0.25) is 5.95 Å². The largest absolute Gasteiger partial charge is 0.398 e. The summed E-state index contributed by atoms with van der Waals surface area (Å²) < 4.78 is 2.28. The molecule has 6 rings (SSSR count). The first-order valence-electron chi connectivity index (χ1n) is 12.6. The predicted molar refractivity (Wildman–Crippen MR) is 142 cm³/mol. The fourth-order valence-corrected chi connectivity index (χ4v) is 5.23. The van der Waals surface area contributed by atoms with Crippen molar-refractivity contribution in [3.05, 3.63) is 60.4 Å². The summed E-state index contributed by atoms with van der Waals surface area (Å²) in [5.41, 5.74) is 12.1. The quantitative estimate of drug-likeness (QED) is 0.365. The zero-order valence-electron chi connectivity index (χ0n) is 20.0. The summed E-state index contributed by atoms with van der Waals surface area (Å²) in [5, 5.41) is 6.98. The Kier molecular flexibility index (Phi) is 5.96. The van der Waals surface area contributed by atoms with Gasteiger partial charge in [-0.2, -0.15) is 9.97 Å². The second-order valence-corrected chi connectivity index (χ2v) is 9.51. The first kappa shape index (κ1) is 21.9. The van der Waals surface area contributed by atoms with Gasteiger partial charge in [-0.3, -0.25) is 0 Å². The third-order valence-corrected chi connectivity index (χ3v) is 7.21. The van der Waals surface area contributed by atoms with Gasteiger partial charge in [0.1, 0.15) is 0 Å². The Morgan fingerprint density at radius 2 is 1.74 bits per heavy atom. The number of rotatable bonds is 6. The number of nitrogens with two attached hydrogens (primary N) is 1. The Balaban J connectivity index is 1.28. The van der Waals surface area contributed by atoms with Crippen LogP contribution in [0.15, 0.2) is 54.9 Å². The summed E-state index contributed by atoms with van der Waals surface area (Å²) in [7, 11) is 0. The number of para-hydroxylation sites is 1. The van der Waals surface area contributed by atoms with Gasteiger partial charge in [0, 0.05) is 50.0 Å². The lowest BCUT2D eigenvalue weighted by Crippen LogP contribution is -2.44. The SMILES string of the molecule is Nc1ccccc1-c1ccc(CNc2nc(N3CCNCC3)nc3c2ncn3C2CCCC2)cc1. The zero-order valence-corrected chi connectivity index (χ0v) is 20.0. The molecule has 35 heavy (non-hydrogen) atoms. The third kappa shape index (κ3) is 4.41. The van der Waals surface area contributed by atoms with Crippen molar-refractivity contribution in [1.29, 1.82) is 0 Å². The number of nitrogens with zero attached hydrogens (tertiary/aromatic N) is 5. The average Bonchev–Trinajstić information content (AvgIpc) is 3.58. The van der Waals surface area contributed by atoms with Crippen molar-refractivity contribution in [2.75, 3.05) is 42.1 Å². The molecule has 1 saturated carbocycles. The number of fused-ring (bicyclic) bond motifs is 1. The normalized spacial score (nSPS) is 16.7. The van der Waals surface area contributed by atoms with E-state index in [-0.39, 0.29) is 0 Å². The summed E-state index contributed by atoms with van der Waals surface area (Å²) >= 11 is 0. The van der Waals surface area contributed by atoms with Crippen molar-refractivity contribution in [3.8, 4) is 11.1 Å². The van der Waals surface area contributed by atoms with Crippen molar-refractivity contribution in [2.45, 2.75) is 38.3 Å². The molecule has 0 bridgehead atoms. The average molecular weight is 469 g/mol. The molecule has 1 aliphatic carbocycles. The molecule has 8 nitrogen and oxygen atoms in total. The fourth-order valence-electron chi connectivity index (χ4n) is 5.23. The van der Waals surface area contributed by atoms with E-state index in [0.717, 1.165) is 65.9 Å². The number of hydrogen-bond donors (Lipinski definition) is 3. The topological polar surface area (TPSA) is 96.9 Å². The minimum Gasteiger partial charge on any atom is -0.398 e. The molecule has 0 atom stereocenters. The minimum absolute atomic E-state index is 0.483. The van der Waals surface area contributed by atoms with Crippen molar-refractivity contribution in [2.24, 2.45) is 0 Å². The highest BCUT2D eigenvalue weighted by Gasteiger charge is 2.23. The minimum atomic E-state index is 0.483. The summed E-state index contributed by atoms with van der Waals surface area (Å²) in [5.74, 6) is 1.59. The van der Waals surface area contributed by atoms with Crippen molar-refractivity contribution in [3.63, 3.8) is 0 Å². The number of nitrogens with one attached hydrogen (secondary N) is 2. The smallest absolute Gasteiger partial charge is 0.229 e. The van der Waals surface area contributed by atoms with Gasteiger partial charge >= 0.3 is 0 Å².